The zero-order valence-corrected chi connectivity index (χ0v) is 62.5. The van der Waals surface area contributed by atoms with Gasteiger partial charge in [-0.2, -0.15) is 0 Å². The summed E-state index contributed by atoms with van der Waals surface area (Å²) >= 11 is 0. The van der Waals surface area contributed by atoms with Crippen LogP contribution in [0.1, 0.15) is 144 Å². The van der Waals surface area contributed by atoms with Gasteiger partial charge in [0.1, 0.15) is 47.4 Å². The van der Waals surface area contributed by atoms with Crippen molar-refractivity contribution < 1.29 is 62.1 Å². The Morgan fingerprint density at radius 2 is 0.901 bits per heavy atom. The molecule has 6 aliphatic rings. The average Bonchev–Trinajstić information content (AvgIpc) is 1.63. The molecule has 9 aromatic rings. The van der Waals surface area contributed by atoms with Gasteiger partial charge in [-0.05, 0) is 170 Å². The molecule has 0 radical (unpaired) electrons. The average molecular weight is 1510 g/mol. The molecule has 11 heterocycles. The monoisotopic (exact) mass is 1510 g/mol. The van der Waals surface area contributed by atoms with E-state index in [-0.39, 0.29) is 98.2 Å². The number of anilines is 5. The normalized spacial score (nSPS) is 17.4. The van der Waals surface area contributed by atoms with E-state index in [1.54, 1.807) is 93.5 Å². The molecule has 0 saturated carbocycles. The molecular formula is C82H92N16O13. The van der Waals surface area contributed by atoms with Crippen molar-refractivity contribution in [2.45, 2.75) is 117 Å². The number of aromatic nitrogens is 8. The standard InChI is InChI=1S/C29H32N4O5.2C26H28N6O4.CH4/c1-4-24(35)32-11-6-5-10-22(17-32)33-25-23(16-21(15-19(3)34)26-27(25)38-13-12-37-26)30-29(33)31-28(36)20-9-7-8-18(2)14-20;2*1-4-21(33)31-12-6-5-7-18(14-31)32-23-19(8-9-20-24(23)30(3)22(34)15-36-20)28-26(32)29-25(35)17-10-11-27-16(2)13-17;/h4,7-9,14,16,22H,1,5-6,10-13,15,17H2,2-3H3,(H,30,31,36);2*4,8-11,13,18H,1,5-7,12,14-15H2,2-3H3,(H,28,29,35);1H4/t22-;2*18-;/m111./s1. The molecule has 578 valence electrons. The molecule has 3 saturated heterocycles. The Hall–Kier alpha value is -12.6. The van der Waals surface area contributed by atoms with Crippen molar-refractivity contribution in [1.82, 2.24) is 53.3 Å². The third-order valence-electron chi connectivity index (χ3n) is 20.4. The molecule has 29 nitrogen and oxygen atoms in total. The van der Waals surface area contributed by atoms with Crippen LogP contribution in [0, 0.1) is 20.8 Å². The number of pyridine rings is 2. The third kappa shape index (κ3) is 16.6. The maximum absolute atomic E-state index is 13.3. The highest BCUT2D eigenvalue weighted by atomic mass is 16.6. The number of likely N-dealkylation sites (tertiary alicyclic amines) is 3. The first-order valence-electron chi connectivity index (χ1n) is 36.9. The first kappa shape index (κ1) is 78.0. The maximum Gasteiger partial charge on any atom is 0.264 e. The first-order valence-corrected chi connectivity index (χ1v) is 36.9. The maximum atomic E-state index is 13.3. The molecule has 8 amide bonds. The number of likely N-dealkylation sites (N-methyl/N-ethyl adjacent to an activating group) is 2. The summed E-state index contributed by atoms with van der Waals surface area (Å²) in [7, 11) is 3.41. The molecule has 5 aromatic heterocycles. The van der Waals surface area contributed by atoms with Gasteiger partial charge in [-0.3, -0.25) is 69.1 Å². The molecule has 15 rings (SSSR count). The number of amides is 8. The van der Waals surface area contributed by atoms with Gasteiger partial charge in [0.2, 0.25) is 35.6 Å². The number of rotatable bonds is 14. The summed E-state index contributed by atoms with van der Waals surface area (Å²) in [5.41, 5.74) is 9.64. The van der Waals surface area contributed by atoms with Crippen LogP contribution in [0.4, 0.5) is 29.2 Å². The molecule has 0 aliphatic carbocycles. The number of carbonyl (C=O) groups is 9. The fraction of sp³-hybridized carbons (Fsp3) is 0.366. The van der Waals surface area contributed by atoms with E-state index in [1.165, 1.54) is 25.2 Å². The van der Waals surface area contributed by atoms with Gasteiger partial charge < -0.3 is 57.1 Å². The summed E-state index contributed by atoms with van der Waals surface area (Å²) in [5, 5.41) is 8.95. The SMILES string of the molecule is C.C=CC(=O)N1CCCC[C@@H](n2c(NC(=O)c3cccc(C)c3)nc3cc(CC(C)=O)c4c(c32)OCCO4)C1.C=CC(=O)N1CCCC[C@@H](n2c(NC(=O)c3ccnc(C)c3)nc3ccc4c(c32)N(C)C(=O)CO4)C1.C=CC(=O)N1CCCC[C@@H](n2c(NC(=O)c3ccnc(C)c3)nc3ccc4c(c32)N(C)C(=O)CO4)C1. The number of carbonyl (C=O) groups excluding carboxylic acids is 9. The van der Waals surface area contributed by atoms with Gasteiger partial charge in [-0.15, -0.1) is 0 Å². The van der Waals surface area contributed by atoms with Gasteiger partial charge >= 0.3 is 0 Å². The lowest BCUT2D eigenvalue weighted by Gasteiger charge is -2.30. The number of fused-ring (bicyclic) bond motifs is 9. The lowest BCUT2D eigenvalue weighted by atomic mass is 10.1. The van der Waals surface area contributed by atoms with E-state index in [9.17, 15) is 43.2 Å². The van der Waals surface area contributed by atoms with Crippen LogP contribution in [0.2, 0.25) is 0 Å². The number of aryl methyl sites for hydroxylation is 3. The summed E-state index contributed by atoms with van der Waals surface area (Å²) in [6.45, 7) is 21.9. The number of ketones is 1. The molecule has 3 N–H and O–H groups in total. The molecule has 29 heteroatoms. The molecule has 0 spiro atoms. The highest BCUT2D eigenvalue weighted by molar-refractivity contribution is 6.11. The van der Waals surface area contributed by atoms with Crippen LogP contribution in [-0.2, 0) is 35.2 Å². The second-order valence-corrected chi connectivity index (χ2v) is 28.1. The van der Waals surface area contributed by atoms with Crippen LogP contribution in [0.3, 0.4) is 0 Å². The van der Waals surface area contributed by atoms with Crippen LogP contribution >= 0.6 is 0 Å². The van der Waals surface area contributed by atoms with Gasteiger partial charge in [0.15, 0.2) is 24.7 Å². The number of hydrogen-bond donors (Lipinski definition) is 3. The Kier molecular flexibility index (Phi) is 23.9. The fourth-order valence-corrected chi connectivity index (χ4v) is 15.1. The summed E-state index contributed by atoms with van der Waals surface area (Å²) in [4.78, 5) is 146. The van der Waals surface area contributed by atoms with E-state index < -0.39 is 0 Å². The number of nitrogens with zero attached hydrogens (tertiary/aromatic N) is 13. The van der Waals surface area contributed by atoms with Crippen LogP contribution in [0.15, 0.2) is 129 Å². The predicted molar refractivity (Wildman–Crippen MR) is 421 cm³/mol. The van der Waals surface area contributed by atoms with E-state index in [2.05, 4.69) is 45.7 Å². The van der Waals surface area contributed by atoms with Gasteiger partial charge in [-0.25, -0.2) is 15.0 Å². The molecular weight excluding hydrogens is 1420 g/mol. The van der Waals surface area contributed by atoms with Crippen molar-refractivity contribution in [3.8, 4) is 23.0 Å². The van der Waals surface area contributed by atoms with Gasteiger partial charge in [0.05, 0.1) is 45.7 Å². The van der Waals surface area contributed by atoms with E-state index in [1.807, 2.05) is 70.9 Å². The Morgan fingerprint density at radius 3 is 1.31 bits per heavy atom. The summed E-state index contributed by atoms with van der Waals surface area (Å²) in [6, 6.07) is 22.6. The Morgan fingerprint density at radius 1 is 0.495 bits per heavy atom. The van der Waals surface area contributed by atoms with E-state index in [4.69, 9.17) is 33.9 Å². The number of nitrogens with one attached hydrogen (secondary N) is 3. The zero-order chi connectivity index (χ0) is 77.6. The van der Waals surface area contributed by atoms with Crippen molar-refractivity contribution in [3.63, 3.8) is 0 Å². The smallest absolute Gasteiger partial charge is 0.264 e. The molecule has 0 unspecified atom stereocenters. The summed E-state index contributed by atoms with van der Waals surface area (Å²) < 4.78 is 29.5. The second kappa shape index (κ2) is 33.9. The second-order valence-electron chi connectivity index (χ2n) is 28.1. The molecule has 111 heavy (non-hydrogen) atoms. The minimum Gasteiger partial charge on any atom is -0.486 e. The lowest BCUT2D eigenvalue weighted by molar-refractivity contribution is -0.127. The molecule has 3 atom stereocenters. The molecule has 3 fully saturated rings. The summed E-state index contributed by atoms with van der Waals surface area (Å²) in [6.07, 6.45) is 14.9. The number of ether oxygens (including phenoxy) is 4. The van der Waals surface area contributed by atoms with Gasteiger partial charge in [0.25, 0.3) is 29.5 Å². The van der Waals surface area contributed by atoms with Crippen LogP contribution in [0.25, 0.3) is 33.1 Å². The molecule has 6 aliphatic heterocycles. The van der Waals surface area contributed by atoms with Crippen molar-refractivity contribution in [2.24, 2.45) is 0 Å². The van der Waals surface area contributed by atoms with Gasteiger partial charge in [0, 0.05) is 106 Å². The fourth-order valence-electron chi connectivity index (χ4n) is 15.1. The number of hydrogen-bond acceptors (Lipinski definition) is 18. The predicted octanol–water partition coefficient (Wildman–Crippen LogP) is 11.0. The van der Waals surface area contributed by atoms with E-state index in [0.717, 1.165) is 74.7 Å². The quantitative estimate of drug-likeness (QED) is 0.0852. The van der Waals surface area contributed by atoms with Crippen molar-refractivity contribution in [3.05, 3.63) is 168 Å². The van der Waals surface area contributed by atoms with Crippen LogP contribution < -0.4 is 44.7 Å². The summed E-state index contributed by atoms with van der Waals surface area (Å²) in [5.74, 6) is 1.56. The highest BCUT2D eigenvalue weighted by Crippen LogP contribution is 2.47. The first-order chi connectivity index (χ1) is 53.1. The van der Waals surface area contributed by atoms with Crippen molar-refractivity contribution in [2.75, 3.05) is 106 Å². The van der Waals surface area contributed by atoms with Crippen LogP contribution in [-0.4, -0.2) is 186 Å². The molecule has 4 aromatic carbocycles. The number of benzene rings is 4. The topological polar surface area (TPSA) is 322 Å². The van der Waals surface area contributed by atoms with Crippen molar-refractivity contribution >= 4 is 115 Å². The lowest BCUT2D eigenvalue weighted by Crippen LogP contribution is -2.37. The Labute approximate surface area is 642 Å². The zero-order valence-electron chi connectivity index (χ0n) is 62.5. The highest BCUT2D eigenvalue weighted by Gasteiger charge is 2.37. The Balaban J connectivity index is 0.000000154. The minimum atomic E-state index is -0.320. The molecule has 0 bridgehead atoms. The van der Waals surface area contributed by atoms with Gasteiger partial charge in [-0.1, -0.05) is 44.9 Å². The van der Waals surface area contributed by atoms with E-state index >= 15 is 0 Å². The van der Waals surface area contributed by atoms with Crippen molar-refractivity contribution in [1.29, 1.82) is 0 Å². The number of imidazole rings is 3. The van der Waals surface area contributed by atoms with E-state index in [0.29, 0.717) is 160 Å². The van der Waals surface area contributed by atoms with Crippen LogP contribution in [0.5, 0.6) is 23.0 Å². The Bertz CT molecular complexity index is 4980. The number of Topliss-reactive ketones (excluding diaryl/α,β-unsaturated/α-hetero) is 1. The largest absolute Gasteiger partial charge is 0.486 e. The minimum absolute atomic E-state index is 0. The third-order valence-corrected chi connectivity index (χ3v) is 20.4.